The number of anilines is 1. The van der Waals surface area contributed by atoms with E-state index in [1.807, 2.05) is 30.1 Å². The normalized spacial score (nSPS) is 23.7. The molecule has 6 nitrogen and oxygen atoms in total. The van der Waals surface area contributed by atoms with Gasteiger partial charge in [-0.15, -0.1) is 11.3 Å². The van der Waals surface area contributed by atoms with Crippen molar-refractivity contribution in [3.05, 3.63) is 41.2 Å². The van der Waals surface area contributed by atoms with Crippen LogP contribution in [0.2, 0.25) is 0 Å². The first-order chi connectivity index (χ1) is 13.2. The molecule has 0 bridgehead atoms. The summed E-state index contributed by atoms with van der Waals surface area (Å²) >= 11 is 1.66. The second kappa shape index (κ2) is 7.94. The number of aromatic nitrogens is 2. The van der Waals surface area contributed by atoms with Gasteiger partial charge in [0.2, 0.25) is 5.91 Å². The maximum Gasteiger partial charge on any atom is 0.222 e. The van der Waals surface area contributed by atoms with Gasteiger partial charge in [0, 0.05) is 50.1 Å². The minimum atomic E-state index is 0.211. The van der Waals surface area contributed by atoms with E-state index in [4.69, 9.17) is 0 Å². The summed E-state index contributed by atoms with van der Waals surface area (Å²) in [5.41, 5.74) is 2.32. The molecular formula is C20H27N5OS. The van der Waals surface area contributed by atoms with E-state index < -0.39 is 0 Å². The summed E-state index contributed by atoms with van der Waals surface area (Å²) in [4.78, 5) is 26.1. The number of carbonyl (C=O) groups is 1. The average Bonchev–Trinajstić information content (AvgIpc) is 3.14. The molecule has 2 aliphatic heterocycles. The van der Waals surface area contributed by atoms with Crippen molar-refractivity contribution >= 4 is 22.4 Å². The van der Waals surface area contributed by atoms with Crippen molar-refractivity contribution in [1.29, 1.82) is 0 Å². The van der Waals surface area contributed by atoms with Crippen LogP contribution >= 0.6 is 11.3 Å². The van der Waals surface area contributed by atoms with E-state index in [0.717, 1.165) is 49.1 Å². The zero-order chi connectivity index (χ0) is 18.7. The number of hydrogen-bond acceptors (Lipinski definition) is 6. The van der Waals surface area contributed by atoms with Crippen LogP contribution in [0.15, 0.2) is 29.8 Å². The highest BCUT2D eigenvalue weighted by Gasteiger charge is 2.41. The van der Waals surface area contributed by atoms with Gasteiger partial charge in [0.25, 0.3) is 0 Å². The molecule has 0 saturated carbocycles. The van der Waals surface area contributed by atoms with E-state index in [9.17, 15) is 4.79 Å². The van der Waals surface area contributed by atoms with Crippen LogP contribution in [0.4, 0.5) is 5.13 Å². The van der Waals surface area contributed by atoms with Crippen LogP contribution in [-0.4, -0.2) is 52.4 Å². The number of piperidine rings is 2. The molecule has 27 heavy (non-hydrogen) atoms. The highest BCUT2D eigenvalue weighted by Crippen LogP contribution is 2.39. The number of amides is 1. The molecule has 2 aliphatic rings. The predicted molar refractivity (Wildman–Crippen MR) is 107 cm³/mol. The Balaban J connectivity index is 1.42. The first kappa shape index (κ1) is 18.4. The Morgan fingerprint density at radius 3 is 2.93 bits per heavy atom. The molecule has 2 saturated heterocycles. The molecule has 2 aromatic rings. The fraction of sp³-hybridized carbons (Fsp3) is 0.550. The van der Waals surface area contributed by atoms with Crippen molar-refractivity contribution in [2.24, 2.45) is 5.41 Å². The summed E-state index contributed by atoms with van der Waals surface area (Å²) in [6, 6.07) is 5.91. The largest absolute Gasteiger partial charge is 0.365 e. The molecule has 1 N–H and O–H groups in total. The van der Waals surface area contributed by atoms with E-state index in [1.54, 1.807) is 17.5 Å². The van der Waals surface area contributed by atoms with Crippen molar-refractivity contribution in [2.45, 2.75) is 38.8 Å². The Bertz CT molecular complexity index is 780. The van der Waals surface area contributed by atoms with E-state index in [1.165, 1.54) is 12.8 Å². The van der Waals surface area contributed by atoms with E-state index in [0.29, 0.717) is 13.0 Å². The molecule has 0 aliphatic carbocycles. The zero-order valence-electron chi connectivity index (χ0n) is 15.9. The Hall–Kier alpha value is -1.99. The van der Waals surface area contributed by atoms with Crippen LogP contribution in [0.3, 0.4) is 0 Å². The fourth-order valence-corrected chi connectivity index (χ4v) is 5.10. The molecule has 0 unspecified atom stereocenters. The molecule has 0 radical (unpaired) electrons. The highest BCUT2D eigenvalue weighted by molar-refractivity contribution is 7.13. The lowest BCUT2D eigenvalue weighted by Gasteiger charge is -2.48. The van der Waals surface area contributed by atoms with Crippen LogP contribution in [0.5, 0.6) is 0 Å². The molecule has 4 rings (SSSR count). The van der Waals surface area contributed by atoms with Crippen LogP contribution in [0.1, 0.15) is 37.1 Å². The Labute approximate surface area is 164 Å². The standard InChI is InChI=1S/C20H27N5OS/c1-21-19-23-17(13-27-19)11-24-10-4-7-20(14-24)8-6-18(26)25(15-20)12-16-5-2-3-9-22-16/h2-3,5,9,13H,4,6-8,10-12,14-15H2,1H3,(H,21,23)/t20-/m0/s1. The molecule has 2 aromatic heterocycles. The lowest BCUT2D eigenvalue weighted by atomic mass is 9.73. The van der Waals surface area contributed by atoms with E-state index in [2.05, 4.69) is 25.6 Å². The SMILES string of the molecule is CNc1nc(CN2CCC[C@]3(CCC(=O)N(Cc4ccccn4)C3)C2)cs1. The summed E-state index contributed by atoms with van der Waals surface area (Å²) in [5, 5.41) is 6.23. The Kier molecular flexibility index (Phi) is 5.41. The van der Waals surface area contributed by atoms with Gasteiger partial charge < -0.3 is 10.2 Å². The second-order valence-corrected chi connectivity index (χ2v) is 8.64. The summed E-state index contributed by atoms with van der Waals surface area (Å²) in [6.07, 6.45) is 5.85. The van der Waals surface area contributed by atoms with Crippen LogP contribution in [0, 0.1) is 5.41 Å². The number of carbonyl (C=O) groups excluding carboxylic acids is 1. The molecule has 2 fully saturated rings. The summed E-state index contributed by atoms with van der Waals surface area (Å²) < 4.78 is 0. The number of rotatable bonds is 5. The van der Waals surface area contributed by atoms with Gasteiger partial charge in [-0.3, -0.25) is 14.7 Å². The Morgan fingerprint density at radius 2 is 2.15 bits per heavy atom. The van der Waals surface area contributed by atoms with Crippen molar-refractivity contribution in [3.8, 4) is 0 Å². The predicted octanol–water partition coefficient (Wildman–Crippen LogP) is 2.98. The third kappa shape index (κ3) is 4.30. The van der Waals surface area contributed by atoms with Crippen molar-refractivity contribution in [1.82, 2.24) is 19.8 Å². The van der Waals surface area contributed by atoms with Crippen molar-refractivity contribution in [3.63, 3.8) is 0 Å². The highest BCUT2D eigenvalue weighted by atomic mass is 32.1. The van der Waals surface area contributed by atoms with Gasteiger partial charge in [-0.25, -0.2) is 4.98 Å². The maximum atomic E-state index is 12.5. The Morgan fingerprint density at radius 1 is 1.22 bits per heavy atom. The zero-order valence-corrected chi connectivity index (χ0v) is 16.7. The maximum absolute atomic E-state index is 12.5. The summed E-state index contributed by atoms with van der Waals surface area (Å²) in [6.45, 7) is 4.53. The molecule has 0 aromatic carbocycles. The summed E-state index contributed by atoms with van der Waals surface area (Å²) in [5.74, 6) is 0.265. The third-order valence-corrected chi connectivity index (χ3v) is 6.63. The second-order valence-electron chi connectivity index (χ2n) is 7.78. The molecule has 1 spiro atoms. The van der Waals surface area contributed by atoms with Crippen LogP contribution < -0.4 is 5.32 Å². The molecule has 144 valence electrons. The van der Waals surface area contributed by atoms with Gasteiger partial charge in [0.05, 0.1) is 17.9 Å². The topological polar surface area (TPSA) is 61.4 Å². The van der Waals surface area contributed by atoms with Gasteiger partial charge >= 0.3 is 0 Å². The number of thiazole rings is 1. The monoisotopic (exact) mass is 385 g/mol. The molecule has 1 atom stereocenters. The lowest BCUT2D eigenvalue weighted by Crippen LogP contribution is -2.53. The van der Waals surface area contributed by atoms with Gasteiger partial charge in [0.15, 0.2) is 5.13 Å². The molecule has 4 heterocycles. The molecule has 1 amide bonds. The number of likely N-dealkylation sites (tertiary alicyclic amines) is 2. The number of hydrogen-bond donors (Lipinski definition) is 1. The average molecular weight is 386 g/mol. The van der Waals surface area contributed by atoms with Crippen LogP contribution in [-0.2, 0) is 17.9 Å². The smallest absolute Gasteiger partial charge is 0.222 e. The first-order valence-electron chi connectivity index (χ1n) is 9.68. The molecule has 7 heteroatoms. The van der Waals surface area contributed by atoms with Crippen LogP contribution in [0.25, 0.3) is 0 Å². The number of pyridine rings is 1. The fourth-order valence-electron chi connectivity index (χ4n) is 4.44. The lowest BCUT2D eigenvalue weighted by molar-refractivity contribution is -0.140. The third-order valence-electron chi connectivity index (χ3n) is 5.72. The van der Waals surface area contributed by atoms with E-state index in [-0.39, 0.29) is 11.3 Å². The van der Waals surface area contributed by atoms with Gasteiger partial charge in [0.1, 0.15) is 0 Å². The van der Waals surface area contributed by atoms with Crippen molar-refractivity contribution in [2.75, 3.05) is 32.0 Å². The number of nitrogens with one attached hydrogen (secondary N) is 1. The number of nitrogens with zero attached hydrogens (tertiary/aromatic N) is 4. The minimum absolute atomic E-state index is 0.211. The first-order valence-corrected chi connectivity index (χ1v) is 10.6. The quantitative estimate of drug-likeness (QED) is 0.857. The van der Waals surface area contributed by atoms with Gasteiger partial charge in [-0.1, -0.05) is 6.07 Å². The summed E-state index contributed by atoms with van der Waals surface area (Å²) in [7, 11) is 1.91. The van der Waals surface area contributed by atoms with Crippen molar-refractivity contribution < 1.29 is 4.79 Å². The van der Waals surface area contributed by atoms with E-state index >= 15 is 0 Å². The minimum Gasteiger partial charge on any atom is -0.365 e. The van der Waals surface area contributed by atoms with Gasteiger partial charge in [-0.2, -0.15) is 0 Å². The molecular weight excluding hydrogens is 358 g/mol. The van der Waals surface area contributed by atoms with Gasteiger partial charge in [-0.05, 0) is 37.9 Å².